The zero-order valence-corrected chi connectivity index (χ0v) is 7.29. The highest BCUT2D eigenvalue weighted by Crippen LogP contribution is 1.88. The van der Waals surface area contributed by atoms with Crippen molar-refractivity contribution in [2.24, 2.45) is 5.16 Å². The predicted octanol–water partition coefficient (Wildman–Crippen LogP) is 0.715. The Bertz CT molecular complexity index is 105. The van der Waals surface area contributed by atoms with Crippen molar-refractivity contribution < 1.29 is 9.32 Å². The molecule has 0 aromatic rings. The van der Waals surface area contributed by atoms with E-state index in [1.54, 1.807) is 6.21 Å². The van der Waals surface area contributed by atoms with Gasteiger partial charge in [0.2, 0.25) is 0 Å². The normalized spacial score (nSPS) is 12.4. The molecule has 0 radical (unpaired) electrons. The van der Waals surface area contributed by atoms with Crippen molar-refractivity contribution in [2.75, 3.05) is 34.3 Å². The van der Waals surface area contributed by atoms with Crippen LogP contribution < -0.4 is 0 Å². The first-order valence-corrected chi connectivity index (χ1v) is 3.46. The van der Waals surface area contributed by atoms with Crippen LogP contribution in [0.25, 0.3) is 0 Å². The van der Waals surface area contributed by atoms with Crippen molar-refractivity contribution in [3.05, 3.63) is 0 Å². The molecule has 0 amide bonds. The van der Waals surface area contributed by atoms with E-state index < -0.39 is 0 Å². The first-order valence-electron chi connectivity index (χ1n) is 3.46. The molecule has 0 saturated carbocycles. The Morgan fingerprint density at radius 3 is 2.40 bits per heavy atom. The van der Waals surface area contributed by atoms with Crippen LogP contribution >= 0.6 is 0 Å². The van der Waals surface area contributed by atoms with Crippen molar-refractivity contribution in [2.45, 2.75) is 6.92 Å². The summed E-state index contributed by atoms with van der Waals surface area (Å²) < 4.78 is 0.916. The van der Waals surface area contributed by atoms with Crippen LogP contribution in [0.2, 0.25) is 0 Å². The minimum Gasteiger partial charge on any atom is -0.390 e. The minimum atomic E-state index is 0.688. The van der Waals surface area contributed by atoms with Crippen LogP contribution in [0, 0.1) is 0 Å². The van der Waals surface area contributed by atoms with Crippen molar-refractivity contribution in [1.82, 2.24) is 0 Å². The van der Waals surface area contributed by atoms with Gasteiger partial charge in [-0.25, -0.2) is 0 Å². The topological polar surface area (TPSA) is 21.6 Å². The number of quaternary nitrogens is 1. The van der Waals surface area contributed by atoms with Gasteiger partial charge in [0.15, 0.2) is 6.61 Å². The van der Waals surface area contributed by atoms with Crippen LogP contribution in [0.4, 0.5) is 0 Å². The molecule has 0 aromatic carbocycles. The summed E-state index contributed by atoms with van der Waals surface area (Å²) in [6.07, 6.45) is 1.65. The fourth-order valence-corrected chi connectivity index (χ4v) is 0.442. The largest absolute Gasteiger partial charge is 0.390 e. The molecule has 0 bridgehead atoms. The summed E-state index contributed by atoms with van der Waals surface area (Å²) >= 11 is 0. The third-order valence-corrected chi connectivity index (χ3v) is 1.03. The fourth-order valence-electron chi connectivity index (χ4n) is 0.442. The van der Waals surface area contributed by atoms with E-state index in [1.807, 2.05) is 6.92 Å². The van der Waals surface area contributed by atoms with E-state index in [0.717, 1.165) is 11.0 Å². The van der Waals surface area contributed by atoms with Gasteiger partial charge in [0, 0.05) is 6.21 Å². The maximum atomic E-state index is 4.91. The highest BCUT2D eigenvalue weighted by molar-refractivity contribution is 5.52. The fraction of sp³-hybridized carbons (Fsp3) is 0.857. The average molecular weight is 145 g/mol. The lowest BCUT2D eigenvalue weighted by atomic mass is 10.5. The van der Waals surface area contributed by atoms with Gasteiger partial charge in [0.25, 0.3) is 0 Å². The third kappa shape index (κ3) is 7.43. The molecule has 0 atom stereocenters. The highest BCUT2D eigenvalue weighted by Gasteiger charge is 2.04. The molecule has 0 aliphatic rings. The summed E-state index contributed by atoms with van der Waals surface area (Å²) in [5.74, 6) is 0. The monoisotopic (exact) mass is 145 g/mol. The molecule has 0 aliphatic carbocycles. The highest BCUT2D eigenvalue weighted by atomic mass is 16.6. The van der Waals surface area contributed by atoms with E-state index in [-0.39, 0.29) is 0 Å². The van der Waals surface area contributed by atoms with Gasteiger partial charge < -0.3 is 9.32 Å². The summed E-state index contributed by atoms with van der Waals surface area (Å²) in [6.45, 7) is 3.51. The second-order valence-electron chi connectivity index (χ2n) is 3.21. The molecular formula is C7H17N2O+. The molecule has 0 rings (SSSR count). The number of hydrogen-bond acceptors (Lipinski definition) is 2. The first-order chi connectivity index (χ1) is 4.56. The minimum absolute atomic E-state index is 0.688. The van der Waals surface area contributed by atoms with Gasteiger partial charge in [-0.3, -0.25) is 0 Å². The molecule has 0 N–H and O–H groups in total. The van der Waals surface area contributed by atoms with E-state index in [1.165, 1.54) is 0 Å². The van der Waals surface area contributed by atoms with Gasteiger partial charge in [0.1, 0.15) is 6.54 Å². The van der Waals surface area contributed by atoms with Gasteiger partial charge in [-0.1, -0.05) is 5.16 Å². The molecule has 0 fully saturated rings. The molecule has 3 nitrogen and oxygen atoms in total. The van der Waals surface area contributed by atoms with E-state index >= 15 is 0 Å². The Labute approximate surface area is 62.9 Å². The van der Waals surface area contributed by atoms with Crippen LogP contribution in [0.3, 0.4) is 0 Å². The average Bonchev–Trinajstić information content (AvgIpc) is 1.78. The Kier molecular flexibility index (Phi) is 4.03. The van der Waals surface area contributed by atoms with Crippen molar-refractivity contribution in [3.63, 3.8) is 0 Å². The molecule has 0 heterocycles. The van der Waals surface area contributed by atoms with Gasteiger partial charge in [-0.2, -0.15) is 0 Å². The molecule has 0 saturated heterocycles. The number of nitrogens with zero attached hydrogens (tertiary/aromatic N) is 2. The summed E-state index contributed by atoms with van der Waals surface area (Å²) in [5.41, 5.74) is 0. The smallest absolute Gasteiger partial charge is 0.165 e. The number of oxime groups is 1. The quantitative estimate of drug-likeness (QED) is 0.247. The summed E-state index contributed by atoms with van der Waals surface area (Å²) in [6, 6.07) is 0. The predicted molar refractivity (Wildman–Crippen MR) is 43.0 cm³/mol. The molecule has 0 unspecified atom stereocenters. The Hall–Kier alpha value is -0.570. The molecule has 0 aromatic heterocycles. The second kappa shape index (κ2) is 4.28. The second-order valence-corrected chi connectivity index (χ2v) is 3.21. The zero-order chi connectivity index (χ0) is 8.04. The summed E-state index contributed by atoms with van der Waals surface area (Å²) in [7, 11) is 6.37. The summed E-state index contributed by atoms with van der Waals surface area (Å²) in [4.78, 5) is 4.91. The molecule has 60 valence electrons. The van der Waals surface area contributed by atoms with E-state index in [4.69, 9.17) is 4.84 Å². The lowest BCUT2D eigenvalue weighted by Gasteiger charge is -2.22. The first kappa shape index (κ1) is 9.43. The Morgan fingerprint density at radius 2 is 2.00 bits per heavy atom. The van der Waals surface area contributed by atoms with Crippen LogP contribution in [0.5, 0.6) is 0 Å². The van der Waals surface area contributed by atoms with Crippen LogP contribution in [-0.2, 0) is 4.84 Å². The van der Waals surface area contributed by atoms with Gasteiger partial charge in [-0.15, -0.1) is 0 Å². The Morgan fingerprint density at radius 1 is 1.40 bits per heavy atom. The lowest BCUT2D eigenvalue weighted by molar-refractivity contribution is -0.870. The SMILES string of the molecule is C/C=N\OCC[N+](C)(C)C. The van der Waals surface area contributed by atoms with Crippen LogP contribution in [0.15, 0.2) is 5.16 Å². The number of rotatable bonds is 4. The van der Waals surface area contributed by atoms with E-state index in [9.17, 15) is 0 Å². The van der Waals surface area contributed by atoms with Gasteiger partial charge in [-0.05, 0) is 6.92 Å². The zero-order valence-electron chi connectivity index (χ0n) is 7.29. The molecule has 10 heavy (non-hydrogen) atoms. The molecular weight excluding hydrogens is 128 g/mol. The van der Waals surface area contributed by atoms with Crippen molar-refractivity contribution in [1.29, 1.82) is 0 Å². The Balaban J connectivity index is 3.20. The molecule has 3 heteroatoms. The van der Waals surface area contributed by atoms with Crippen molar-refractivity contribution in [3.8, 4) is 0 Å². The maximum absolute atomic E-state index is 4.91. The van der Waals surface area contributed by atoms with Crippen LogP contribution in [-0.4, -0.2) is 45.0 Å². The standard InChI is InChI=1S/C7H17N2O/c1-5-8-10-7-6-9(2,3)4/h5H,6-7H2,1-4H3/q+1/b8-5-. The van der Waals surface area contributed by atoms with E-state index in [2.05, 4.69) is 26.3 Å². The van der Waals surface area contributed by atoms with Gasteiger partial charge in [0.05, 0.1) is 21.1 Å². The van der Waals surface area contributed by atoms with Gasteiger partial charge >= 0.3 is 0 Å². The van der Waals surface area contributed by atoms with E-state index in [0.29, 0.717) is 6.61 Å². The maximum Gasteiger partial charge on any atom is 0.165 e. The third-order valence-electron chi connectivity index (χ3n) is 1.03. The summed E-state index contributed by atoms with van der Waals surface area (Å²) in [5, 5.41) is 3.64. The molecule has 0 aliphatic heterocycles. The number of hydrogen-bond donors (Lipinski definition) is 0. The molecule has 0 spiro atoms. The number of likely N-dealkylation sites (N-methyl/N-ethyl adjacent to an activating group) is 1. The van der Waals surface area contributed by atoms with Crippen molar-refractivity contribution >= 4 is 6.21 Å². The van der Waals surface area contributed by atoms with Crippen LogP contribution in [0.1, 0.15) is 6.92 Å². The lowest BCUT2D eigenvalue weighted by Crippen LogP contribution is -2.37.